The monoisotopic (exact) mass is 338 g/mol. The Morgan fingerprint density at radius 2 is 2.43 bits per heavy atom. The number of hydrogen-bond acceptors (Lipinski definition) is 7. The Hall–Kier alpha value is -1.55. The van der Waals surface area contributed by atoms with E-state index in [1.807, 2.05) is 17.6 Å². The van der Waals surface area contributed by atoms with E-state index in [2.05, 4.69) is 10.5 Å². The fourth-order valence-corrected chi connectivity index (χ4v) is 2.70. The lowest BCUT2D eigenvalue weighted by Gasteiger charge is -2.19. The van der Waals surface area contributed by atoms with Crippen molar-refractivity contribution >= 4 is 30.5 Å². The van der Waals surface area contributed by atoms with Gasteiger partial charge in [0.05, 0.1) is 12.5 Å². The van der Waals surface area contributed by atoms with Crippen molar-refractivity contribution in [3.63, 3.8) is 0 Å². The van der Waals surface area contributed by atoms with Crippen LogP contribution >= 0.6 is 11.8 Å². The minimum atomic E-state index is -1.08. The van der Waals surface area contributed by atoms with Crippen molar-refractivity contribution in [2.45, 2.75) is 12.4 Å². The number of thioether (sulfide) groups is 1. The Bertz CT molecular complexity index is 535. The lowest BCUT2D eigenvalue weighted by Crippen LogP contribution is -2.49. The molecule has 3 N–H and O–H groups in total. The number of aliphatic hydroxyl groups excluding tert-OH is 1. The van der Waals surface area contributed by atoms with Gasteiger partial charge in [0, 0.05) is 12.4 Å². The molecular formula is C14H19BN2O5S. The first-order chi connectivity index (χ1) is 11.2. The van der Waals surface area contributed by atoms with Crippen molar-refractivity contribution in [3.05, 3.63) is 35.3 Å². The third-order valence-corrected chi connectivity index (χ3v) is 3.98. The van der Waals surface area contributed by atoms with E-state index in [0.717, 1.165) is 0 Å². The van der Waals surface area contributed by atoms with E-state index in [9.17, 15) is 9.82 Å². The van der Waals surface area contributed by atoms with Crippen LogP contribution in [0.2, 0.25) is 0 Å². The summed E-state index contributed by atoms with van der Waals surface area (Å²) in [6.07, 6.45) is 7.71. The summed E-state index contributed by atoms with van der Waals surface area (Å²) in [6.45, 7) is 0.123. The van der Waals surface area contributed by atoms with E-state index in [0.29, 0.717) is 24.4 Å². The highest BCUT2D eigenvalue weighted by Gasteiger charge is 2.31. The molecule has 0 aliphatic carbocycles. The number of allylic oxidation sites excluding steroid dienone is 2. The second-order valence-electron chi connectivity index (χ2n) is 4.84. The van der Waals surface area contributed by atoms with Crippen molar-refractivity contribution < 1.29 is 24.4 Å². The molecule has 0 aromatic rings. The average molecular weight is 338 g/mol. The number of nitrogens with one attached hydrogen (secondary N) is 1. The molecular weight excluding hydrogens is 319 g/mol. The van der Waals surface area contributed by atoms with Crippen LogP contribution in [0.15, 0.2) is 40.4 Å². The quantitative estimate of drug-likeness (QED) is 0.208. The van der Waals surface area contributed by atoms with Gasteiger partial charge < -0.3 is 24.9 Å². The highest BCUT2D eigenvalue weighted by Crippen LogP contribution is 2.17. The fourth-order valence-electron chi connectivity index (χ4n) is 2.01. The molecule has 1 atom stereocenters. The van der Waals surface area contributed by atoms with Crippen LogP contribution in [0.25, 0.3) is 0 Å². The van der Waals surface area contributed by atoms with Crippen molar-refractivity contribution in [1.82, 2.24) is 5.32 Å². The summed E-state index contributed by atoms with van der Waals surface area (Å²) < 4.78 is 5.16. The van der Waals surface area contributed by atoms with E-state index >= 15 is 0 Å². The number of hydrogen-bond donors (Lipinski definition) is 3. The van der Waals surface area contributed by atoms with Crippen molar-refractivity contribution in [2.24, 2.45) is 5.16 Å². The zero-order chi connectivity index (χ0) is 16.5. The number of oxime groups is 1. The van der Waals surface area contributed by atoms with Crippen LogP contribution in [0.4, 0.5) is 0 Å². The normalized spacial score (nSPS) is 21.7. The Balaban J connectivity index is 2.09. The third-order valence-electron chi connectivity index (χ3n) is 3.15. The van der Waals surface area contributed by atoms with E-state index in [1.54, 1.807) is 12.2 Å². The maximum atomic E-state index is 12.5. The minimum Gasteiger partial charge on any atom is -0.426 e. The van der Waals surface area contributed by atoms with Crippen LogP contribution in [0.1, 0.15) is 6.42 Å². The van der Waals surface area contributed by atoms with Crippen molar-refractivity contribution in [1.29, 1.82) is 0 Å². The molecule has 1 amide bonds. The summed E-state index contributed by atoms with van der Waals surface area (Å²) in [7, 11) is -1.08. The molecule has 0 saturated heterocycles. The zero-order valence-corrected chi connectivity index (χ0v) is 13.4. The summed E-state index contributed by atoms with van der Waals surface area (Å²) in [5.41, 5.74) is 0.850. The second-order valence-corrected chi connectivity index (χ2v) is 5.73. The van der Waals surface area contributed by atoms with Gasteiger partial charge in [-0.3, -0.25) is 4.79 Å². The average Bonchev–Trinajstić information content (AvgIpc) is 2.77. The predicted octanol–water partition coefficient (Wildman–Crippen LogP) is 0.0192. The van der Waals surface area contributed by atoms with Crippen molar-refractivity contribution in [2.75, 3.05) is 25.6 Å². The number of aliphatic hydroxyl groups is 1. The Labute approximate surface area is 139 Å². The van der Waals surface area contributed by atoms with Gasteiger partial charge in [0.2, 0.25) is 0 Å². The van der Waals surface area contributed by atoms with Crippen LogP contribution in [0.3, 0.4) is 0 Å². The lowest BCUT2D eigenvalue weighted by atomic mass is 9.77. The van der Waals surface area contributed by atoms with Gasteiger partial charge in [0.15, 0.2) is 5.71 Å². The van der Waals surface area contributed by atoms with Crippen LogP contribution < -0.4 is 5.32 Å². The molecule has 0 spiro atoms. The second kappa shape index (κ2) is 9.56. The Morgan fingerprint density at radius 3 is 3.17 bits per heavy atom. The smallest absolute Gasteiger partial charge is 0.426 e. The highest BCUT2D eigenvalue weighted by molar-refractivity contribution is 8.02. The molecule has 0 aromatic carbocycles. The summed E-state index contributed by atoms with van der Waals surface area (Å²) in [6, 6.07) is 0. The molecule has 0 radical (unpaired) electrons. The van der Waals surface area contributed by atoms with Gasteiger partial charge in [0.25, 0.3) is 5.91 Å². The predicted molar refractivity (Wildman–Crippen MR) is 89.8 cm³/mol. The zero-order valence-electron chi connectivity index (χ0n) is 12.6. The minimum absolute atomic E-state index is 0.00491. The maximum Gasteiger partial charge on any atom is 0.478 e. The van der Waals surface area contributed by atoms with Gasteiger partial charge in [-0.05, 0) is 17.4 Å². The molecule has 1 unspecified atom stereocenters. The SMILES string of the molecule is O=C(NC1CC=CCOB1O)/C(=N/OCCO)C1=CC=CSC1. The summed E-state index contributed by atoms with van der Waals surface area (Å²) in [5, 5.41) is 27.1. The van der Waals surface area contributed by atoms with Gasteiger partial charge in [-0.15, -0.1) is 11.8 Å². The number of carbonyl (C=O) groups excluding carboxylic acids is 1. The molecule has 7 nitrogen and oxygen atoms in total. The van der Waals surface area contributed by atoms with E-state index in [4.69, 9.17) is 14.6 Å². The summed E-state index contributed by atoms with van der Waals surface area (Å²) in [5.74, 6) is -0.417. The van der Waals surface area contributed by atoms with Crippen LogP contribution in [0.5, 0.6) is 0 Å². The van der Waals surface area contributed by atoms with Crippen LogP contribution in [-0.4, -0.2) is 60.4 Å². The largest absolute Gasteiger partial charge is 0.478 e. The molecule has 2 aliphatic heterocycles. The molecule has 0 saturated carbocycles. The molecule has 2 aliphatic rings. The number of amides is 1. The van der Waals surface area contributed by atoms with Crippen LogP contribution in [-0.2, 0) is 14.3 Å². The Kier molecular flexibility index (Phi) is 7.40. The maximum absolute atomic E-state index is 12.5. The topological polar surface area (TPSA) is 100 Å². The number of nitrogens with zero attached hydrogens (tertiary/aromatic N) is 1. The standard InChI is InChI=1S/C14H19BN2O5S/c18-6-8-22-17-13(11-4-3-9-23-10-11)14(19)16-12-5-1-2-7-21-15(12)20/h1-4,9,12,18,20H,5-8,10H2,(H,16,19)/b17-13+. The highest BCUT2D eigenvalue weighted by atomic mass is 32.2. The molecule has 9 heteroatoms. The van der Waals surface area contributed by atoms with Gasteiger partial charge in [-0.25, -0.2) is 0 Å². The first-order valence-corrected chi connectivity index (χ1v) is 8.31. The molecule has 2 rings (SSSR count). The first-order valence-electron chi connectivity index (χ1n) is 7.26. The molecule has 23 heavy (non-hydrogen) atoms. The summed E-state index contributed by atoms with van der Waals surface area (Å²) in [4.78, 5) is 17.5. The molecule has 124 valence electrons. The molecule has 0 aromatic heterocycles. The first kappa shape index (κ1) is 17.8. The molecule has 2 heterocycles. The van der Waals surface area contributed by atoms with Gasteiger partial charge in [-0.2, -0.15) is 0 Å². The van der Waals surface area contributed by atoms with Crippen molar-refractivity contribution in [3.8, 4) is 0 Å². The van der Waals surface area contributed by atoms with E-state index in [1.165, 1.54) is 11.8 Å². The fraction of sp³-hybridized carbons (Fsp3) is 0.429. The van der Waals surface area contributed by atoms with E-state index < -0.39 is 19.0 Å². The van der Waals surface area contributed by atoms with Gasteiger partial charge in [0.1, 0.15) is 6.61 Å². The van der Waals surface area contributed by atoms with Gasteiger partial charge in [-0.1, -0.05) is 29.5 Å². The summed E-state index contributed by atoms with van der Waals surface area (Å²) >= 11 is 1.54. The Morgan fingerprint density at radius 1 is 1.57 bits per heavy atom. The third kappa shape index (κ3) is 5.54. The molecule has 0 bridgehead atoms. The lowest BCUT2D eigenvalue weighted by molar-refractivity contribution is -0.115. The number of rotatable bonds is 6. The number of carbonyl (C=O) groups is 1. The van der Waals surface area contributed by atoms with E-state index in [-0.39, 0.29) is 18.9 Å². The van der Waals surface area contributed by atoms with Crippen LogP contribution in [0, 0.1) is 0 Å². The molecule has 0 fully saturated rings. The van der Waals surface area contributed by atoms with Gasteiger partial charge >= 0.3 is 7.12 Å².